The lowest BCUT2D eigenvalue weighted by atomic mass is 10.7. The zero-order valence-corrected chi connectivity index (χ0v) is 7.19. The topological polar surface area (TPSA) is 31.4 Å². The van der Waals surface area contributed by atoms with Crippen LogP contribution in [0.15, 0.2) is 5.38 Å². The third kappa shape index (κ3) is 1.54. The van der Waals surface area contributed by atoms with Crippen LogP contribution < -0.4 is 0 Å². The van der Waals surface area contributed by atoms with Crippen molar-refractivity contribution in [1.82, 2.24) is 4.98 Å². The molecule has 1 aliphatic rings. The third-order valence-corrected chi connectivity index (χ3v) is 2.51. The van der Waals surface area contributed by atoms with Crippen LogP contribution in [0.1, 0.15) is 11.3 Å². The van der Waals surface area contributed by atoms with Crippen molar-refractivity contribution in [3.05, 3.63) is 15.5 Å². The second kappa shape index (κ2) is 3.06. The van der Waals surface area contributed by atoms with E-state index in [0.29, 0.717) is 18.4 Å². The van der Waals surface area contributed by atoms with E-state index < -0.39 is 0 Å². The first-order valence-corrected chi connectivity index (χ1v) is 4.46. The second-order valence-corrected chi connectivity index (χ2v) is 3.36. The first-order chi connectivity index (χ1) is 5.36. The predicted molar refractivity (Wildman–Crippen MR) is 41.8 cm³/mol. The Bertz CT molecular complexity index is 246. The van der Waals surface area contributed by atoms with Crippen LogP contribution in [0.2, 0.25) is 5.15 Å². The zero-order valence-electron chi connectivity index (χ0n) is 5.62. The summed E-state index contributed by atoms with van der Waals surface area (Å²) >= 11 is 7.08. The number of halogens is 1. The van der Waals surface area contributed by atoms with Crippen LogP contribution in [0.25, 0.3) is 0 Å². The molecule has 0 amide bonds. The van der Waals surface area contributed by atoms with Crippen LogP contribution in [-0.4, -0.2) is 18.2 Å². The van der Waals surface area contributed by atoms with Crippen molar-refractivity contribution in [1.29, 1.82) is 0 Å². The van der Waals surface area contributed by atoms with Crippen molar-refractivity contribution >= 4 is 22.9 Å². The molecule has 2 rings (SSSR count). The van der Waals surface area contributed by atoms with Crippen molar-refractivity contribution in [2.75, 3.05) is 13.2 Å². The van der Waals surface area contributed by atoms with Gasteiger partial charge in [0.2, 0.25) is 6.29 Å². The molecule has 0 aromatic carbocycles. The number of rotatable bonds is 1. The summed E-state index contributed by atoms with van der Waals surface area (Å²) < 4.78 is 10.4. The molecule has 0 N–H and O–H groups in total. The molecule has 1 aromatic heterocycles. The summed E-state index contributed by atoms with van der Waals surface area (Å²) in [6.45, 7) is 1.28. The number of aromatic nitrogens is 1. The fraction of sp³-hybridized carbons (Fsp3) is 0.500. The van der Waals surface area contributed by atoms with E-state index in [0.717, 1.165) is 5.01 Å². The van der Waals surface area contributed by atoms with Gasteiger partial charge < -0.3 is 9.47 Å². The summed E-state index contributed by atoms with van der Waals surface area (Å²) in [4.78, 5) is 4.03. The molecule has 2 heterocycles. The summed E-state index contributed by atoms with van der Waals surface area (Å²) in [6, 6.07) is 0. The van der Waals surface area contributed by atoms with Crippen molar-refractivity contribution in [3.63, 3.8) is 0 Å². The minimum absolute atomic E-state index is 0.285. The van der Waals surface area contributed by atoms with Crippen molar-refractivity contribution in [2.45, 2.75) is 6.29 Å². The van der Waals surface area contributed by atoms with Gasteiger partial charge in [-0.05, 0) is 0 Å². The maximum atomic E-state index is 5.63. The van der Waals surface area contributed by atoms with E-state index in [4.69, 9.17) is 21.1 Å². The Balaban J connectivity index is 2.15. The van der Waals surface area contributed by atoms with E-state index in [1.165, 1.54) is 11.3 Å². The Hall–Kier alpha value is -0.160. The fourth-order valence-electron chi connectivity index (χ4n) is 0.876. The van der Waals surface area contributed by atoms with Crippen LogP contribution in [-0.2, 0) is 9.47 Å². The largest absolute Gasteiger partial charge is 0.344 e. The molecule has 1 aliphatic heterocycles. The van der Waals surface area contributed by atoms with Crippen LogP contribution >= 0.6 is 22.9 Å². The number of hydrogen-bond donors (Lipinski definition) is 0. The van der Waals surface area contributed by atoms with Crippen molar-refractivity contribution in [2.24, 2.45) is 0 Å². The molecule has 0 saturated carbocycles. The zero-order chi connectivity index (χ0) is 7.68. The highest BCUT2D eigenvalue weighted by Gasteiger charge is 2.21. The van der Waals surface area contributed by atoms with Gasteiger partial charge in [-0.25, -0.2) is 4.98 Å². The van der Waals surface area contributed by atoms with Crippen LogP contribution in [0, 0.1) is 0 Å². The normalized spacial score (nSPS) is 19.4. The van der Waals surface area contributed by atoms with E-state index in [9.17, 15) is 0 Å². The molecule has 3 nitrogen and oxygen atoms in total. The first kappa shape index (κ1) is 7.49. The van der Waals surface area contributed by atoms with E-state index in [2.05, 4.69) is 4.98 Å². The number of hydrogen-bond acceptors (Lipinski definition) is 4. The van der Waals surface area contributed by atoms with Gasteiger partial charge in [-0.15, -0.1) is 11.3 Å². The molecular formula is C6H6ClNO2S. The van der Waals surface area contributed by atoms with Gasteiger partial charge >= 0.3 is 0 Å². The highest BCUT2D eigenvalue weighted by molar-refractivity contribution is 7.10. The monoisotopic (exact) mass is 191 g/mol. The summed E-state index contributed by atoms with van der Waals surface area (Å²) in [5.41, 5.74) is 0. The Morgan fingerprint density at radius 1 is 1.55 bits per heavy atom. The molecule has 0 bridgehead atoms. The van der Waals surface area contributed by atoms with Gasteiger partial charge in [0.25, 0.3) is 0 Å². The molecule has 0 unspecified atom stereocenters. The number of thiazole rings is 1. The minimum atomic E-state index is -0.285. The van der Waals surface area contributed by atoms with Gasteiger partial charge in [0.1, 0.15) is 5.15 Å². The standard InChI is InChI=1S/C6H6ClNO2S/c7-4-3-11-5(8-4)6-9-1-2-10-6/h3,6H,1-2H2. The molecule has 1 fully saturated rings. The van der Waals surface area contributed by atoms with E-state index in [1.54, 1.807) is 5.38 Å². The Kier molecular flexibility index (Phi) is 2.09. The van der Waals surface area contributed by atoms with Gasteiger partial charge in [0.05, 0.1) is 13.2 Å². The van der Waals surface area contributed by atoms with E-state index in [1.807, 2.05) is 0 Å². The molecule has 1 aromatic rings. The fourth-order valence-corrected chi connectivity index (χ4v) is 1.82. The smallest absolute Gasteiger partial charge is 0.211 e. The lowest BCUT2D eigenvalue weighted by Gasteiger charge is -2.02. The molecule has 5 heteroatoms. The minimum Gasteiger partial charge on any atom is -0.344 e. The van der Waals surface area contributed by atoms with Crippen LogP contribution in [0.5, 0.6) is 0 Å². The Morgan fingerprint density at radius 3 is 2.82 bits per heavy atom. The molecule has 0 spiro atoms. The SMILES string of the molecule is Clc1csc(C2OCCO2)n1. The molecule has 0 radical (unpaired) electrons. The molecule has 0 atom stereocenters. The molecule has 0 aliphatic carbocycles. The van der Waals surface area contributed by atoms with E-state index >= 15 is 0 Å². The van der Waals surface area contributed by atoms with Crippen LogP contribution in [0.4, 0.5) is 0 Å². The summed E-state index contributed by atoms with van der Waals surface area (Å²) in [5.74, 6) is 0. The quantitative estimate of drug-likeness (QED) is 0.679. The van der Waals surface area contributed by atoms with Gasteiger partial charge in [-0.2, -0.15) is 0 Å². The number of nitrogens with zero attached hydrogens (tertiary/aromatic N) is 1. The lowest BCUT2D eigenvalue weighted by molar-refractivity contribution is -0.0442. The average molecular weight is 192 g/mol. The molecule has 1 saturated heterocycles. The Morgan fingerprint density at radius 2 is 2.27 bits per heavy atom. The van der Waals surface area contributed by atoms with Gasteiger partial charge in [0.15, 0.2) is 5.01 Å². The van der Waals surface area contributed by atoms with Crippen LogP contribution in [0.3, 0.4) is 0 Å². The lowest BCUT2D eigenvalue weighted by Crippen LogP contribution is -1.96. The average Bonchev–Trinajstić information content (AvgIpc) is 2.55. The molecule has 11 heavy (non-hydrogen) atoms. The highest BCUT2D eigenvalue weighted by Crippen LogP contribution is 2.27. The van der Waals surface area contributed by atoms with Gasteiger partial charge in [-0.1, -0.05) is 11.6 Å². The summed E-state index contributed by atoms with van der Waals surface area (Å²) in [5, 5.41) is 3.07. The first-order valence-electron chi connectivity index (χ1n) is 3.20. The highest BCUT2D eigenvalue weighted by atomic mass is 35.5. The van der Waals surface area contributed by atoms with E-state index in [-0.39, 0.29) is 6.29 Å². The van der Waals surface area contributed by atoms with Crippen molar-refractivity contribution < 1.29 is 9.47 Å². The van der Waals surface area contributed by atoms with Gasteiger partial charge in [-0.3, -0.25) is 0 Å². The predicted octanol–water partition coefficient (Wildman–Crippen LogP) is 1.84. The third-order valence-electron chi connectivity index (χ3n) is 1.32. The summed E-state index contributed by atoms with van der Waals surface area (Å²) in [7, 11) is 0. The number of ether oxygens (including phenoxy) is 2. The van der Waals surface area contributed by atoms with Gasteiger partial charge in [0, 0.05) is 5.38 Å². The Labute approximate surface area is 72.9 Å². The maximum Gasteiger partial charge on any atom is 0.211 e. The maximum absolute atomic E-state index is 5.63. The molecular weight excluding hydrogens is 186 g/mol. The second-order valence-electron chi connectivity index (χ2n) is 2.08. The molecule has 60 valence electrons. The summed E-state index contributed by atoms with van der Waals surface area (Å²) in [6.07, 6.45) is -0.285. The van der Waals surface area contributed by atoms with Crippen molar-refractivity contribution in [3.8, 4) is 0 Å².